The monoisotopic (exact) mass is 438 g/mol. The summed E-state index contributed by atoms with van der Waals surface area (Å²) in [5.74, 6) is -0.0156. The van der Waals surface area contributed by atoms with Gasteiger partial charge < -0.3 is 14.8 Å². The highest BCUT2D eigenvalue weighted by molar-refractivity contribution is 7.21. The summed E-state index contributed by atoms with van der Waals surface area (Å²) < 4.78 is 13.2. The van der Waals surface area contributed by atoms with Gasteiger partial charge in [0.05, 0.1) is 30.8 Å². The maximum atomic E-state index is 12.9. The zero-order chi connectivity index (χ0) is 21.6. The molecule has 0 aliphatic carbocycles. The van der Waals surface area contributed by atoms with Crippen molar-refractivity contribution in [2.75, 3.05) is 32.8 Å². The molecule has 1 atom stereocenters. The number of rotatable bonds is 8. The first-order chi connectivity index (χ1) is 15.1. The Kier molecular flexibility index (Phi) is 7.35. The minimum absolute atomic E-state index is 0.0156. The number of benzene rings is 2. The number of nitrogens with one attached hydrogen (secondary N) is 1. The van der Waals surface area contributed by atoms with Gasteiger partial charge in [-0.1, -0.05) is 48.5 Å². The van der Waals surface area contributed by atoms with Gasteiger partial charge in [-0.25, -0.2) is 0 Å². The van der Waals surface area contributed by atoms with Crippen LogP contribution in [0, 0.1) is 0 Å². The van der Waals surface area contributed by atoms with Crippen molar-refractivity contribution in [3.05, 3.63) is 70.6 Å². The van der Waals surface area contributed by atoms with Gasteiger partial charge in [-0.3, -0.25) is 9.69 Å². The molecule has 4 rings (SSSR count). The Bertz CT molecular complexity index is 1000. The molecule has 2 heterocycles. The standard InChI is InChI=1S/C25H30N2O3S/c1-18(2)26-25(28)24-23(20-10-6-7-11-22(20)31-24)21-16-27(13-15-30-21)12-14-29-17-19-8-4-3-5-9-19/h3-11,18,21H,12-17H2,1-2H3,(H,26,28)/t21-/m1/s1. The average Bonchev–Trinajstić information content (AvgIpc) is 3.17. The van der Waals surface area contributed by atoms with Crippen LogP contribution in [0.15, 0.2) is 54.6 Å². The van der Waals surface area contributed by atoms with Crippen LogP contribution in [0.2, 0.25) is 0 Å². The van der Waals surface area contributed by atoms with Gasteiger partial charge in [0, 0.05) is 35.9 Å². The molecule has 0 saturated carbocycles. The van der Waals surface area contributed by atoms with E-state index in [0.717, 1.165) is 40.2 Å². The number of thiophene rings is 1. The lowest BCUT2D eigenvalue weighted by Gasteiger charge is -2.33. The predicted octanol–water partition coefficient (Wildman–Crippen LogP) is 4.63. The third kappa shape index (κ3) is 5.52. The van der Waals surface area contributed by atoms with Crippen LogP contribution in [0.1, 0.15) is 40.8 Å². The first-order valence-electron chi connectivity index (χ1n) is 10.9. The Labute approximate surface area is 188 Å². The number of amides is 1. The molecule has 164 valence electrons. The molecular weight excluding hydrogens is 408 g/mol. The van der Waals surface area contributed by atoms with Crippen molar-refractivity contribution in [1.82, 2.24) is 10.2 Å². The van der Waals surface area contributed by atoms with Crippen molar-refractivity contribution in [2.45, 2.75) is 32.6 Å². The van der Waals surface area contributed by atoms with E-state index in [0.29, 0.717) is 19.8 Å². The molecule has 1 amide bonds. The minimum atomic E-state index is -0.119. The summed E-state index contributed by atoms with van der Waals surface area (Å²) in [6, 6.07) is 18.6. The normalized spacial score (nSPS) is 17.3. The lowest BCUT2D eigenvalue weighted by molar-refractivity contribution is -0.0381. The van der Waals surface area contributed by atoms with Crippen molar-refractivity contribution in [3.8, 4) is 0 Å². The van der Waals surface area contributed by atoms with Crippen molar-refractivity contribution < 1.29 is 14.3 Å². The molecule has 31 heavy (non-hydrogen) atoms. The zero-order valence-corrected chi connectivity index (χ0v) is 19.0. The van der Waals surface area contributed by atoms with Crippen LogP contribution in [0.3, 0.4) is 0 Å². The number of nitrogens with zero attached hydrogens (tertiary/aromatic N) is 1. The summed E-state index contributed by atoms with van der Waals surface area (Å²) in [7, 11) is 0. The van der Waals surface area contributed by atoms with E-state index in [1.165, 1.54) is 5.56 Å². The largest absolute Gasteiger partial charge is 0.375 e. The Morgan fingerprint density at radius 2 is 1.97 bits per heavy atom. The van der Waals surface area contributed by atoms with E-state index in [4.69, 9.17) is 9.47 Å². The number of fused-ring (bicyclic) bond motifs is 1. The molecule has 3 aromatic rings. The molecule has 1 N–H and O–H groups in total. The van der Waals surface area contributed by atoms with Gasteiger partial charge in [0.15, 0.2) is 0 Å². The highest BCUT2D eigenvalue weighted by Crippen LogP contribution is 2.38. The molecule has 0 spiro atoms. The summed E-state index contributed by atoms with van der Waals surface area (Å²) in [5.41, 5.74) is 2.21. The van der Waals surface area contributed by atoms with E-state index >= 15 is 0 Å². The van der Waals surface area contributed by atoms with Crippen molar-refractivity contribution in [3.63, 3.8) is 0 Å². The Morgan fingerprint density at radius 1 is 1.19 bits per heavy atom. The lowest BCUT2D eigenvalue weighted by Crippen LogP contribution is -2.40. The fourth-order valence-electron chi connectivity index (χ4n) is 3.92. The smallest absolute Gasteiger partial charge is 0.261 e. The Hall–Kier alpha value is -2.25. The molecule has 2 aromatic carbocycles. The molecule has 1 aromatic heterocycles. The number of carbonyl (C=O) groups is 1. The Morgan fingerprint density at radius 3 is 2.77 bits per heavy atom. The van der Waals surface area contributed by atoms with Crippen molar-refractivity contribution >= 4 is 27.3 Å². The van der Waals surface area contributed by atoms with Gasteiger partial charge in [0.1, 0.15) is 0 Å². The third-order valence-corrected chi connectivity index (χ3v) is 6.58. The van der Waals surface area contributed by atoms with Crippen LogP contribution in [-0.2, 0) is 16.1 Å². The minimum Gasteiger partial charge on any atom is -0.375 e. The van der Waals surface area contributed by atoms with Crippen LogP contribution in [-0.4, -0.2) is 49.7 Å². The van der Waals surface area contributed by atoms with Gasteiger partial charge in [0.25, 0.3) is 5.91 Å². The van der Waals surface area contributed by atoms with Crippen molar-refractivity contribution in [2.24, 2.45) is 0 Å². The number of morpholine rings is 1. The van der Waals surface area contributed by atoms with Crippen LogP contribution >= 0.6 is 11.3 Å². The van der Waals surface area contributed by atoms with Gasteiger partial charge in [-0.15, -0.1) is 11.3 Å². The lowest BCUT2D eigenvalue weighted by atomic mass is 10.0. The molecular formula is C25H30N2O3S. The van der Waals surface area contributed by atoms with E-state index in [1.807, 2.05) is 44.2 Å². The zero-order valence-electron chi connectivity index (χ0n) is 18.2. The predicted molar refractivity (Wildman–Crippen MR) is 126 cm³/mol. The summed E-state index contributed by atoms with van der Waals surface area (Å²) >= 11 is 1.55. The second-order valence-electron chi connectivity index (χ2n) is 8.17. The van der Waals surface area contributed by atoms with Crippen molar-refractivity contribution in [1.29, 1.82) is 0 Å². The van der Waals surface area contributed by atoms with E-state index < -0.39 is 0 Å². The fraction of sp³-hybridized carbons (Fsp3) is 0.400. The van der Waals surface area contributed by atoms with Crippen LogP contribution in [0.25, 0.3) is 10.1 Å². The molecule has 0 bridgehead atoms. The topological polar surface area (TPSA) is 50.8 Å². The number of hydrogen-bond acceptors (Lipinski definition) is 5. The first kappa shape index (κ1) is 22.0. The van der Waals surface area contributed by atoms with E-state index in [1.54, 1.807) is 11.3 Å². The molecule has 1 aliphatic heterocycles. The molecule has 0 unspecified atom stereocenters. The van der Waals surface area contributed by atoms with E-state index in [-0.39, 0.29) is 18.1 Å². The fourth-order valence-corrected chi connectivity index (χ4v) is 5.08. The molecule has 1 fully saturated rings. The summed E-state index contributed by atoms with van der Waals surface area (Å²) in [5, 5.41) is 4.17. The first-order valence-corrected chi connectivity index (χ1v) is 11.7. The molecule has 0 radical (unpaired) electrons. The quantitative estimate of drug-likeness (QED) is 0.521. The van der Waals surface area contributed by atoms with Gasteiger partial charge in [-0.2, -0.15) is 0 Å². The van der Waals surface area contributed by atoms with Crippen LogP contribution in [0.4, 0.5) is 0 Å². The number of hydrogen-bond donors (Lipinski definition) is 1. The number of carbonyl (C=O) groups excluding carboxylic acids is 1. The van der Waals surface area contributed by atoms with Crippen LogP contribution in [0.5, 0.6) is 0 Å². The summed E-state index contributed by atoms with van der Waals surface area (Å²) in [4.78, 5) is 16.1. The average molecular weight is 439 g/mol. The molecule has 1 aliphatic rings. The summed E-state index contributed by atoms with van der Waals surface area (Å²) in [6.07, 6.45) is -0.119. The summed E-state index contributed by atoms with van der Waals surface area (Å²) in [6.45, 7) is 8.41. The SMILES string of the molecule is CC(C)NC(=O)c1sc2ccccc2c1[C@H]1CN(CCOCc2ccccc2)CCO1. The highest BCUT2D eigenvalue weighted by atomic mass is 32.1. The maximum Gasteiger partial charge on any atom is 0.261 e. The van der Waals surface area contributed by atoms with Gasteiger partial charge in [0.2, 0.25) is 0 Å². The van der Waals surface area contributed by atoms with E-state index in [2.05, 4.69) is 34.5 Å². The molecule has 1 saturated heterocycles. The third-order valence-electron chi connectivity index (χ3n) is 5.40. The molecule has 5 nitrogen and oxygen atoms in total. The number of ether oxygens (including phenoxy) is 2. The second-order valence-corrected chi connectivity index (χ2v) is 9.22. The van der Waals surface area contributed by atoms with Gasteiger partial charge >= 0.3 is 0 Å². The van der Waals surface area contributed by atoms with Gasteiger partial charge in [-0.05, 0) is 30.9 Å². The second kappa shape index (κ2) is 10.4. The molecule has 6 heteroatoms. The highest BCUT2D eigenvalue weighted by Gasteiger charge is 2.29. The Balaban J connectivity index is 1.44. The maximum absolute atomic E-state index is 12.9. The van der Waals surface area contributed by atoms with E-state index in [9.17, 15) is 4.79 Å². The van der Waals surface area contributed by atoms with Crippen LogP contribution < -0.4 is 5.32 Å².